The molecule has 32 heavy (non-hydrogen) atoms. The molecule has 9 heteroatoms. The molecule has 0 bridgehead atoms. The first-order chi connectivity index (χ1) is 15.5. The fourth-order valence-corrected chi connectivity index (χ4v) is 3.12. The van der Waals surface area contributed by atoms with Gasteiger partial charge in [0.2, 0.25) is 11.8 Å². The molecular weight excluding hydrogens is 414 g/mol. The van der Waals surface area contributed by atoms with Crippen molar-refractivity contribution in [3.63, 3.8) is 0 Å². The van der Waals surface area contributed by atoms with Gasteiger partial charge in [-0.25, -0.2) is 0 Å². The van der Waals surface area contributed by atoms with E-state index in [4.69, 9.17) is 14.2 Å². The molecule has 1 aliphatic rings. The summed E-state index contributed by atoms with van der Waals surface area (Å²) in [5.74, 6) is 0.681. The van der Waals surface area contributed by atoms with Crippen LogP contribution in [0.5, 0.6) is 17.2 Å². The van der Waals surface area contributed by atoms with Gasteiger partial charge in [0.1, 0.15) is 23.9 Å². The van der Waals surface area contributed by atoms with Crippen LogP contribution in [-0.2, 0) is 14.4 Å². The van der Waals surface area contributed by atoms with Crippen LogP contribution in [0.25, 0.3) is 0 Å². The number of hydrogen-bond donors (Lipinski definition) is 2. The van der Waals surface area contributed by atoms with E-state index in [1.807, 2.05) is 19.1 Å². The SMILES string of the molecule is CCOc1ccc(OC(C)C(=O)NNC(=O)CCC(=O)N2CCOc3ccccc32)cc1. The Morgan fingerprint density at radius 1 is 1.03 bits per heavy atom. The molecule has 2 N–H and O–H groups in total. The number of hydrogen-bond acceptors (Lipinski definition) is 6. The zero-order valence-electron chi connectivity index (χ0n) is 18.1. The van der Waals surface area contributed by atoms with Crippen LogP contribution >= 0.6 is 0 Å². The van der Waals surface area contributed by atoms with Gasteiger partial charge in [-0.15, -0.1) is 0 Å². The molecule has 0 radical (unpaired) electrons. The van der Waals surface area contributed by atoms with Crippen LogP contribution in [0.1, 0.15) is 26.7 Å². The molecule has 0 fully saturated rings. The van der Waals surface area contributed by atoms with Crippen LogP contribution < -0.4 is 30.0 Å². The normalized spacial score (nSPS) is 13.2. The van der Waals surface area contributed by atoms with Crippen molar-refractivity contribution in [1.82, 2.24) is 10.9 Å². The molecule has 1 unspecified atom stereocenters. The third-order valence-corrected chi connectivity index (χ3v) is 4.74. The quantitative estimate of drug-likeness (QED) is 0.609. The van der Waals surface area contributed by atoms with Gasteiger partial charge in [-0.1, -0.05) is 12.1 Å². The van der Waals surface area contributed by atoms with E-state index in [2.05, 4.69) is 10.9 Å². The number of para-hydroxylation sites is 2. The van der Waals surface area contributed by atoms with Crippen molar-refractivity contribution in [2.24, 2.45) is 0 Å². The maximum atomic E-state index is 12.6. The zero-order chi connectivity index (χ0) is 22.9. The van der Waals surface area contributed by atoms with Crippen molar-refractivity contribution in [1.29, 1.82) is 0 Å². The summed E-state index contributed by atoms with van der Waals surface area (Å²) in [6.07, 6.45) is -0.888. The molecule has 1 heterocycles. The largest absolute Gasteiger partial charge is 0.494 e. The number of carbonyl (C=O) groups excluding carboxylic acids is 3. The molecule has 3 amide bonds. The summed E-state index contributed by atoms with van der Waals surface area (Å²) in [6, 6.07) is 14.2. The number of anilines is 1. The standard InChI is InChI=1S/C23H27N3O6/c1-3-30-17-8-10-18(11-9-17)32-16(2)23(29)25-24-21(27)12-13-22(28)26-14-15-31-20-7-5-4-6-19(20)26/h4-11,16H,3,12-15H2,1-2H3,(H,24,27)(H,25,29). The maximum absolute atomic E-state index is 12.6. The van der Waals surface area contributed by atoms with Crippen molar-refractivity contribution < 1.29 is 28.6 Å². The first-order valence-electron chi connectivity index (χ1n) is 10.5. The second-order valence-corrected chi connectivity index (χ2v) is 7.06. The van der Waals surface area contributed by atoms with E-state index >= 15 is 0 Å². The summed E-state index contributed by atoms with van der Waals surface area (Å²) in [5, 5.41) is 0. The average molecular weight is 441 g/mol. The minimum Gasteiger partial charge on any atom is -0.494 e. The average Bonchev–Trinajstić information content (AvgIpc) is 2.82. The Morgan fingerprint density at radius 3 is 2.50 bits per heavy atom. The van der Waals surface area contributed by atoms with Crippen molar-refractivity contribution >= 4 is 23.4 Å². The molecule has 0 saturated heterocycles. The first kappa shape index (κ1) is 22.9. The Morgan fingerprint density at radius 2 is 1.75 bits per heavy atom. The molecule has 0 aromatic heterocycles. The van der Waals surface area contributed by atoms with Gasteiger partial charge in [0.05, 0.1) is 18.8 Å². The molecular formula is C23H27N3O6. The van der Waals surface area contributed by atoms with Crippen LogP contribution in [0.4, 0.5) is 5.69 Å². The lowest BCUT2D eigenvalue weighted by molar-refractivity contribution is -0.133. The van der Waals surface area contributed by atoms with E-state index in [0.717, 1.165) is 0 Å². The number of ether oxygens (including phenoxy) is 3. The molecule has 1 aliphatic heterocycles. The predicted molar refractivity (Wildman–Crippen MR) is 118 cm³/mol. The third-order valence-electron chi connectivity index (χ3n) is 4.74. The van der Waals surface area contributed by atoms with Crippen molar-refractivity contribution in [2.45, 2.75) is 32.8 Å². The summed E-state index contributed by atoms with van der Waals surface area (Å²) in [4.78, 5) is 38.4. The highest BCUT2D eigenvalue weighted by Crippen LogP contribution is 2.31. The van der Waals surface area contributed by atoms with Gasteiger partial charge in [0, 0.05) is 12.8 Å². The summed E-state index contributed by atoms with van der Waals surface area (Å²) in [5.41, 5.74) is 5.33. The number of amides is 3. The summed E-state index contributed by atoms with van der Waals surface area (Å²) < 4.78 is 16.5. The molecule has 2 aromatic rings. The Hall–Kier alpha value is -3.75. The van der Waals surface area contributed by atoms with E-state index in [1.54, 1.807) is 48.2 Å². The smallest absolute Gasteiger partial charge is 0.279 e. The molecule has 3 rings (SSSR count). The third kappa shape index (κ3) is 6.13. The van der Waals surface area contributed by atoms with Gasteiger partial charge in [-0.05, 0) is 50.2 Å². The molecule has 1 atom stereocenters. The number of hydrazine groups is 1. The van der Waals surface area contributed by atoms with Crippen LogP contribution in [0, 0.1) is 0 Å². The molecule has 0 aliphatic carbocycles. The van der Waals surface area contributed by atoms with Crippen LogP contribution in [0.3, 0.4) is 0 Å². The Labute approximate surface area is 186 Å². The minimum absolute atomic E-state index is 0.00821. The highest BCUT2D eigenvalue weighted by molar-refractivity contribution is 5.97. The van der Waals surface area contributed by atoms with Crippen molar-refractivity contribution in [3.8, 4) is 17.2 Å². The monoisotopic (exact) mass is 441 g/mol. The number of rotatable bonds is 8. The van der Waals surface area contributed by atoms with Gasteiger partial charge in [-0.2, -0.15) is 0 Å². The van der Waals surface area contributed by atoms with Crippen LogP contribution in [0.15, 0.2) is 48.5 Å². The first-order valence-corrected chi connectivity index (χ1v) is 10.5. The van der Waals surface area contributed by atoms with E-state index < -0.39 is 17.9 Å². The van der Waals surface area contributed by atoms with E-state index in [1.165, 1.54) is 0 Å². The lowest BCUT2D eigenvalue weighted by Crippen LogP contribution is -2.47. The van der Waals surface area contributed by atoms with E-state index in [-0.39, 0.29) is 18.7 Å². The number of nitrogens with one attached hydrogen (secondary N) is 2. The second kappa shape index (κ2) is 11.0. The highest BCUT2D eigenvalue weighted by atomic mass is 16.5. The fraction of sp³-hybridized carbons (Fsp3) is 0.348. The predicted octanol–water partition coefficient (Wildman–Crippen LogP) is 2.21. The highest BCUT2D eigenvalue weighted by Gasteiger charge is 2.23. The molecule has 170 valence electrons. The van der Waals surface area contributed by atoms with E-state index in [0.29, 0.717) is 42.7 Å². The van der Waals surface area contributed by atoms with E-state index in [9.17, 15) is 14.4 Å². The Bertz CT molecular complexity index is 947. The Balaban J connectivity index is 1.40. The second-order valence-electron chi connectivity index (χ2n) is 7.06. The molecule has 0 spiro atoms. The molecule has 0 saturated carbocycles. The lowest BCUT2D eigenvalue weighted by atomic mass is 10.2. The number of benzene rings is 2. The fourth-order valence-electron chi connectivity index (χ4n) is 3.12. The lowest BCUT2D eigenvalue weighted by Gasteiger charge is -2.29. The maximum Gasteiger partial charge on any atom is 0.279 e. The van der Waals surface area contributed by atoms with Gasteiger partial charge in [0.15, 0.2) is 6.10 Å². The number of nitrogens with zero attached hydrogens (tertiary/aromatic N) is 1. The summed E-state index contributed by atoms with van der Waals surface area (Å²) in [6.45, 7) is 4.84. The van der Waals surface area contributed by atoms with Crippen LogP contribution in [0.2, 0.25) is 0 Å². The van der Waals surface area contributed by atoms with Crippen LogP contribution in [-0.4, -0.2) is 43.6 Å². The summed E-state index contributed by atoms with van der Waals surface area (Å²) in [7, 11) is 0. The number of fused-ring (bicyclic) bond motifs is 1. The topological polar surface area (TPSA) is 106 Å². The van der Waals surface area contributed by atoms with Crippen molar-refractivity contribution in [2.75, 3.05) is 24.7 Å². The van der Waals surface area contributed by atoms with Gasteiger partial charge >= 0.3 is 0 Å². The summed E-state index contributed by atoms with van der Waals surface area (Å²) >= 11 is 0. The Kier molecular flexibility index (Phi) is 7.91. The van der Waals surface area contributed by atoms with Gasteiger partial charge in [0.25, 0.3) is 5.91 Å². The zero-order valence-corrected chi connectivity index (χ0v) is 18.1. The van der Waals surface area contributed by atoms with Gasteiger partial charge < -0.3 is 19.1 Å². The van der Waals surface area contributed by atoms with Gasteiger partial charge in [-0.3, -0.25) is 25.2 Å². The number of carbonyl (C=O) groups is 3. The minimum atomic E-state index is -0.834. The molecule has 9 nitrogen and oxygen atoms in total. The molecule has 2 aromatic carbocycles. The van der Waals surface area contributed by atoms with Crippen molar-refractivity contribution in [3.05, 3.63) is 48.5 Å².